The van der Waals surface area contributed by atoms with Crippen molar-refractivity contribution in [1.82, 2.24) is 0 Å². The Labute approximate surface area is 117 Å². The largest absolute Gasteiger partial charge is 0.385 e. The topological polar surface area (TPSA) is 20.2 Å². The molecule has 18 heavy (non-hydrogen) atoms. The fourth-order valence-electron chi connectivity index (χ4n) is 2.10. The molecule has 0 radical (unpaired) electrons. The van der Waals surface area contributed by atoms with Crippen molar-refractivity contribution in [2.24, 2.45) is 0 Å². The van der Waals surface area contributed by atoms with Gasteiger partial charge in [-0.05, 0) is 42.7 Å². The monoisotopic (exact) mass is 304 g/mol. The Hall–Kier alpha value is -1.12. The molecule has 0 saturated carbocycles. The third-order valence-corrected chi connectivity index (χ3v) is 3.74. The van der Waals surface area contributed by atoms with Gasteiger partial charge in [-0.15, -0.1) is 0 Å². The molecule has 0 spiro atoms. The van der Waals surface area contributed by atoms with E-state index in [9.17, 15) is 5.11 Å². The lowest BCUT2D eigenvalue weighted by Crippen LogP contribution is -2.24. The molecule has 0 aliphatic rings. The second-order valence-electron chi connectivity index (χ2n) is 4.89. The number of rotatable bonds is 3. The van der Waals surface area contributed by atoms with Gasteiger partial charge in [0.05, 0.1) is 5.60 Å². The highest BCUT2D eigenvalue weighted by Gasteiger charge is 2.24. The van der Waals surface area contributed by atoms with Crippen molar-refractivity contribution in [1.29, 1.82) is 0 Å². The van der Waals surface area contributed by atoms with E-state index in [1.807, 2.05) is 43.3 Å². The number of aliphatic hydroxyl groups is 1. The van der Waals surface area contributed by atoms with E-state index >= 15 is 0 Å². The molecular formula is C16H17BrO. The second-order valence-corrected chi connectivity index (χ2v) is 5.80. The van der Waals surface area contributed by atoms with Gasteiger partial charge in [0.15, 0.2) is 0 Å². The molecule has 1 atom stereocenters. The molecule has 0 aromatic heterocycles. The van der Waals surface area contributed by atoms with Crippen LogP contribution in [0.3, 0.4) is 0 Å². The van der Waals surface area contributed by atoms with E-state index in [1.54, 1.807) is 0 Å². The third-order valence-electron chi connectivity index (χ3n) is 3.24. The standard InChI is InChI=1S/C16H17BrO/c1-12-6-3-4-7-13(12)11-16(2,18)14-8-5-9-15(17)10-14/h3-10,18H,11H2,1-2H3. The zero-order chi connectivity index (χ0) is 13.2. The van der Waals surface area contributed by atoms with Crippen LogP contribution in [0.25, 0.3) is 0 Å². The number of hydrogen-bond acceptors (Lipinski definition) is 1. The smallest absolute Gasteiger partial charge is 0.0909 e. The Balaban J connectivity index is 2.30. The van der Waals surface area contributed by atoms with Crippen LogP contribution >= 0.6 is 15.9 Å². The van der Waals surface area contributed by atoms with Crippen molar-refractivity contribution in [3.8, 4) is 0 Å². The van der Waals surface area contributed by atoms with Crippen LogP contribution in [0.1, 0.15) is 23.6 Å². The minimum atomic E-state index is -0.851. The zero-order valence-electron chi connectivity index (χ0n) is 10.7. The SMILES string of the molecule is Cc1ccccc1CC(C)(O)c1cccc(Br)c1. The highest BCUT2D eigenvalue weighted by molar-refractivity contribution is 9.10. The van der Waals surface area contributed by atoms with E-state index in [0.717, 1.165) is 10.0 Å². The van der Waals surface area contributed by atoms with E-state index in [2.05, 4.69) is 35.0 Å². The lowest BCUT2D eigenvalue weighted by molar-refractivity contribution is 0.0574. The summed E-state index contributed by atoms with van der Waals surface area (Å²) in [6.45, 7) is 3.94. The molecule has 0 bridgehead atoms. The maximum atomic E-state index is 10.7. The van der Waals surface area contributed by atoms with Crippen molar-refractivity contribution >= 4 is 15.9 Å². The van der Waals surface area contributed by atoms with Crippen molar-refractivity contribution in [2.45, 2.75) is 25.9 Å². The van der Waals surface area contributed by atoms with E-state index in [4.69, 9.17) is 0 Å². The highest BCUT2D eigenvalue weighted by atomic mass is 79.9. The first-order valence-corrected chi connectivity index (χ1v) is 6.81. The summed E-state index contributed by atoms with van der Waals surface area (Å²) >= 11 is 3.44. The van der Waals surface area contributed by atoms with Crippen LogP contribution in [-0.2, 0) is 12.0 Å². The van der Waals surface area contributed by atoms with Gasteiger partial charge in [-0.1, -0.05) is 52.3 Å². The van der Waals surface area contributed by atoms with Gasteiger partial charge in [0.2, 0.25) is 0 Å². The summed E-state index contributed by atoms with van der Waals surface area (Å²) in [6.07, 6.45) is 0.621. The quantitative estimate of drug-likeness (QED) is 0.900. The maximum Gasteiger partial charge on any atom is 0.0909 e. The molecule has 1 unspecified atom stereocenters. The van der Waals surface area contributed by atoms with Crippen LogP contribution in [-0.4, -0.2) is 5.11 Å². The lowest BCUT2D eigenvalue weighted by atomic mass is 9.88. The zero-order valence-corrected chi connectivity index (χ0v) is 12.2. The minimum Gasteiger partial charge on any atom is -0.385 e. The van der Waals surface area contributed by atoms with E-state index in [0.29, 0.717) is 6.42 Å². The number of benzene rings is 2. The summed E-state index contributed by atoms with van der Waals surface area (Å²) in [5, 5.41) is 10.7. The van der Waals surface area contributed by atoms with Gasteiger partial charge in [0, 0.05) is 10.9 Å². The van der Waals surface area contributed by atoms with Crippen molar-refractivity contribution in [3.05, 3.63) is 69.7 Å². The molecule has 0 aliphatic heterocycles. The number of aryl methyl sites for hydroxylation is 1. The minimum absolute atomic E-state index is 0.621. The first-order chi connectivity index (χ1) is 8.49. The van der Waals surface area contributed by atoms with Crippen LogP contribution in [0, 0.1) is 6.92 Å². The fraction of sp³-hybridized carbons (Fsp3) is 0.250. The Morgan fingerprint density at radius 1 is 1.11 bits per heavy atom. The molecule has 0 fully saturated rings. The molecule has 1 nitrogen and oxygen atoms in total. The van der Waals surface area contributed by atoms with Crippen LogP contribution < -0.4 is 0 Å². The van der Waals surface area contributed by atoms with Gasteiger partial charge in [-0.2, -0.15) is 0 Å². The van der Waals surface area contributed by atoms with Crippen LogP contribution in [0.2, 0.25) is 0 Å². The summed E-state index contributed by atoms with van der Waals surface area (Å²) in [7, 11) is 0. The third kappa shape index (κ3) is 3.01. The summed E-state index contributed by atoms with van der Waals surface area (Å²) in [5.74, 6) is 0. The second kappa shape index (κ2) is 5.25. The molecular weight excluding hydrogens is 288 g/mol. The van der Waals surface area contributed by atoms with Gasteiger partial charge in [0.1, 0.15) is 0 Å². The number of hydrogen-bond donors (Lipinski definition) is 1. The molecule has 0 aliphatic carbocycles. The highest BCUT2D eigenvalue weighted by Crippen LogP contribution is 2.28. The van der Waals surface area contributed by atoms with Gasteiger partial charge < -0.3 is 5.11 Å². The summed E-state index contributed by atoms with van der Waals surface area (Å²) in [5.41, 5.74) is 2.48. The van der Waals surface area contributed by atoms with Crippen molar-refractivity contribution in [2.75, 3.05) is 0 Å². The summed E-state index contributed by atoms with van der Waals surface area (Å²) in [4.78, 5) is 0. The van der Waals surface area contributed by atoms with E-state index in [-0.39, 0.29) is 0 Å². The average Bonchev–Trinajstić information content (AvgIpc) is 2.32. The molecule has 0 amide bonds. The summed E-state index contributed by atoms with van der Waals surface area (Å²) < 4.78 is 0.991. The molecule has 0 heterocycles. The molecule has 2 aromatic carbocycles. The predicted molar refractivity (Wildman–Crippen MR) is 78.6 cm³/mol. The van der Waals surface area contributed by atoms with Gasteiger partial charge >= 0.3 is 0 Å². The Kier molecular flexibility index (Phi) is 3.88. The Bertz CT molecular complexity index is 546. The molecule has 0 saturated heterocycles. The number of halogens is 1. The average molecular weight is 305 g/mol. The van der Waals surface area contributed by atoms with Gasteiger partial charge in [-0.25, -0.2) is 0 Å². The van der Waals surface area contributed by atoms with Gasteiger partial charge in [0.25, 0.3) is 0 Å². The first kappa shape index (κ1) is 13.3. The molecule has 2 rings (SSSR count). The molecule has 94 valence electrons. The van der Waals surface area contributed by atoms with Gasteiger partial charge in [-0.3, -0.25) is 0 Å². The van der Waals surface area contributed by atoms with Crippen LogP contribution in [0.15, 0.2) is 53.0 Å². The Morgan fingerprint density at radius 2 is 1.83 bits per heavy atom. The van der Waals surface area contributed by atoms with Crippen LogP contribution in [0.4, 0.5) is 0 Å². The van der Waals surface area contributed by atoms with Crippen molar-refractivity contribution < 1.29 is 5.11 Å². The molecule has 2 heteroatoms. The first-order valence-electron chi connectivity index (χ1n) is 6.02. The van der Waals surface area contributed by atoms with Crippen molar-refractivity contribution in [3.63, 3.8) is 0 Å². The lowest BCUT2D eigenvalue weighted by Gasteiger charge is -2.25. The molecule has 1 N–H and O–H groups in total. The summed E-state index contributed by atoms with van der Waals surface area (Å²) in [6, 6.07) is 16.0. The predicted octanol–water partition coefficient (Wildman–Crippen LogP) is 4.21. The van der Waals surface area contributed by atoms with Crippen LogP contribution in [0.5, 0.6) is 0 Å². The van der Waals surface area contributed by atoms with E-state index < -0.39 is 5.60 Å². The Morgan fingerprint density at radius 3 is 2.50 bits per heavy atom. The maximum absolute atomic E-state index is 10.7. The van der Waals surface area contributed by atoms with E-state index in [1.165, 1.54) is 11.1 Å². The normalized spacial score (nSPS) is 14.2. The fourth-order valence-corrected chi connectivity index (χ4v) is 2.50. The molecule has 2 aromatic rings.